The lowest BCUT2D eigenvalue weighted by molar-refractivity contribution is 0.977. The molecule has 4 aromatic rings. The fraction of sp³-hybridized carbons (Fsp3) is 0.0625. The number of aromatic nitrogens is 3. The second kappa shape index (κ2) is 4.64. The largest absolute Gasteiger partial charge is 0.270 e. The third-order valence-electron chi connectivity index (χ3n) is 3.61. The van der Waals surface area contributed by atoms with Crippen molar-refractivity contribution in [3.05, 3.63) is 62.7 Å². The van der Waals surface area contributed by atoms with Crippen LogP contribution in [0.2, 0.25) is 0 Å². The maximum Gasteiger partial charge on any atom is 0.270 e. The van der Waals surface area contributed by atoms with E-state index in [0.717, 1.165) is 20.8 Å². The monoisotopic (exact) mass is 309 g/mol. The molecular weight excluding hydrogens is 298 g/mol. The molecule has 2 aromatic carbocycles. The third-order valence-corrected chi connectivity index (χ3v) is 4.67. The van der Waals surface area contributed by atoms with Crippen molar-refractivity contribution in [3.63, 3.8) is 0 Å². The summed E-state index contributed by atoms with van der Waals surface area (Å²) in [6.07, 6.45) is 0. The van der Waals surface area contributed by atoms with Crippen LogP contribution in [0.5, 0.6) is 0 Å². The molecule has 0 saturated heterocycles. The van der Waals surface area contributed by atoms with Crippen LogP contribution >= 0.6 is 11.3 Å². The number of H-pyrrole nitrogens is 2. The van der Waals surface area contributed by atoms with Crippen molar-refractivity contribution >= 4 is 32.3 Å². The van der Waals surface area contributed by atoms with Gasteiger partial charge in [0.25, 0.3) is 11.1 Å². The van der Waals surface area contributed by atoms with Gasteiger partial charge in [0.15, 0.2) is 0 Å². The quantitative estimate of drug-likeness (QED) is 0.567. The van der Waals surface area contributed by atoms with Gasteiger partial charge in [-0.25, -0.2) is 4.98 Å². The average Bonchev–Trinajstić information content (AvgIpc) is 2.93. The summed E-state index contributed by atoms with van der Waals surface area (Å²) in [5, 5.41) is 6.29. The van der Waals surface area contributed by atoms with Crippen LogP contribution in [0.3, 0.4) is 0 Å². The molecule has 0 radical (unpaired) electrons. The molecule has 4 rings (SSSR count). The number of hydrogen-bond donors (Lipinski definition) is 2. The topological polar surface area (TPSA) is 78.6 Å². The summed E-state index contributed by atoms with van der Waals surface area (Å²) in [5.74, 6) is 0. The molecule has 0 atom stereocenters. The number of thiazole rings is 1. The van der Waals surface area contributed by atoms with Crippen LogP contribution in [-0.4, -0.2) is 15.2 Å². The molecule has 2 N–H and O–H groups in total. The van der Waals surface area contributed by atoms with E-state index >= 15 is 0 Å². The van der Waals surface area contributed by atoms with Gasteiger partial charge in [0.1, 0.15) is 5.01 Å². The van der Waals surface area contributed by atoms with Crippen molar-refractivity contribution in [2.24, 2.45) is 0 Å². The van der Waals surface area contributed by atoms with E-state index < -0.39 is 0 Å². The van der Waals surface area contributed by atoms with Gasteiger partial charge < -0.3 is 0 Å². The van der Waals surface area contributed by atoms with Crippen LogP contribution < -0.4 is 11.1 Å². The Morgan fingerprint density at radius 1 is 0.955 bits per heavy atom. The molecule has 0 aliphatic carbocycles. The number of rotatable bonds is 1. The summed E-state index contributed by atoms with van der Waals surface area (Å²) < 4.78 is 0.888. The second-order valence-corrected chi connectivity index (χ2v) is 6.19. The van der Waals surface area contributed by atoms with Crippen molar-refractivity contribution in [1.82, 2.24) is 15.2 Å². The molecule has 0 aliphatic heterocycles. The Morgan fingerprint density at radius 3 is 2.27 bits per heavy atom. The summed E-state index contributed by atoms with van der Waals surface area (Å²) in [4.78, 5) is 28.3. The van der Waals surface area contributed by atoms with E-state index in [1.807, 2.05) is 31.2 Å². The maximum atomic E-state index is 11.8. The summed E-state index contributed by atoms with van der Waals surface area (Å²) in [6.45, 7) is 2.04. The van der Waals surface area contributed by atoms with E-state index in [9.17, 15) is 9.59 Å². The van der Waals surface area contributed by atoms with E-state index in [2.05, 4.69) is 15.2 Å². The van der Waals surface area contributed by atoms with Gasteiger partial charge in [-0.3, -0.25) is 19.8 Å². The zero-order chi connectivity index (χ0) is 15.3. The standard InChI is InChI=1S/C16H11N3O2S/c1-8-2-4-9(5-3-8)16-17-12-6-10-11(7-13(12)22-16)15(21)19-18-14(10)20/h2-7H,1H3,(H,18,20)(H,19,21). The lowest BCUT2D eigenvalue weighted by atomic mass is 10.1. The molecule has 0 spiro atoms. The van der Waals surface area contributed by atoms with Gasteiger partial charge in [0.05, 0.1) is 21.0 Å². The van der Waals surface area contributed by atoms with Gasteiger partial charge in [-0.1, -0.05) is 29.8 Å². The molecule has 2 heterocycles. The van der Waals surface area contributed by atoms with Gasteiger partial charge in [-0.05, 0) is 19.1 Å². The fourth-order valence-electron chi connectivity index (χ4n) is 2.42. The highest BCUT2D eigenvalue weighted by molar-refractivity contribution is 7.21. The van der Waals surface area contributed by atoms with Gasteiger partial charge in [0, 0.05) is 5.56 Å². The van der Waals surface area contributed by atoms with Crippen molar-refractivity contribution in [1.29, 1.82) is 0 Å². The molecule has 6 heteroatoms. The highest BCUT2D eigenvalue weighted by Gasteiger charge is 2.10. The highest BCUT2D eigenvalue weighted by Crippen LogP contribution is 2.31. The molecule has 5 nitrogen and oxygen atoms in total. The number of benzene rings is 2. The Kier molecular flexibility index (Phi) is 2.74. The first-order chi connectivity index (χ1) is 10.6. The van der Waals surface area contributed by atoms with E-state index in [0.29, 0.717) is 10.8 Å². The van der Waals surface area contributed by atoms with E-state index in [4.69, 9.17) is 0 Å². The van der Waals surface area contributed by atoms with Gasteiger partial charge in [-0.15, -0.1) is 11.3 Å². The van der Waals surface area contributed by atoms with E-state index in [1.165, 1.54) is 16.9 Å². The number of nitrogens with zero attached hydrogens (tertiary/aromatic N) is 1. The van der Waals surface area contributed by atoms with Crippen molar-refractivity contribution in [3.8, 4) is 10.6 Å². The van der Waals surface area contributed by atoms with Gasteiger partial charge in [0.2, 0.25) is 0 Å². The molecule has 0 bridgehead atoms. The molecular formula is C16H11N3O2S. The molecule has 108 valence electrons. The summed E-state index contributed by atoms with van der Waals surface area (Å²) in [7, 11) is 0. The molecule has 22 heavy (non-hydrogen) atoms. The van der Waals surface area contributed by atoms with Crippen LogP contribution in [0.25, 0.3) is 31.6 Å². The first kappa shape index (κ1) is 13.0. The summed E-state index contributed by atoms with van der Waals surface area (Å²) in [6, 6.07) is 11.5. The lowest BCUT2D eigenvalue weighted by Gasteiger charge is -1.95. The van der Waals surface area contributed by atoms with Crippen LogP contribution in [-0.2, 0) is 0 Å². The maximum absolute atomic E-state index is 11.8. The SMILES string of the molecule is Cc1ccc(-c2nc3cc4c(=O)[nH][nH]c(=O)c4cc3s2)cc1. The Labute approximate surface area is 128 Å². The number of nitrogens with one attached hydrogen (secondary N) is 2. The smallest absolute Gasteiger partial charge is 0.267 e. The van der Waals surface area contributed by atoms with Crippen molar-refractivity contribution in [2.75, 3.05) is 0 Å². The summed E-state index contributed by atoms with van der Waals surface area (Å²) >= 11 is 1.51. The fourth-order valence-corrected chi connectivity index (χ4v) is 3.41. The number of aromatic amines is 2. The van der Waals surface area contributed by atoms with Gasteiger partial charge >= 0.3 is 0 Å². The Hall–Kier alpha value is -2.73. The Bertz CT molecular complexity index is 1050. The predicted octanol–water partition coefficient (Wildman–Crippen LogP) is 2.80. The average molecular weight is 309 g/mol. The van der Waals surface area contributed by atoms with Gasteiger partial charge in [-0.2, -0.15) is 0 Å². The molecule has 0 amide bonds. The Morgan fingerprint density at radius 2 is 1.59 bits per heavy atom. The molecule has 0 saturated carbocycles. The lowest BCUT2D eigenvalue weighted by Crippen LogP contribution is -2.18. The number of aryl methyl sites for hydroxylation is 1. The molecule has 0 unspecified atom stereocenters. The second-order valence-electron chi connectivity index (χ2n) is 5.16. The van der Waals surface area contributed by atoms with E-state index in [1.54, 1.807) is 12.1 Å². The predicted molar refractivity (Wildman–Crippen MR) is 88.5 cm³/mol. The first-order valence-corrected chi connectivity index (χ1v) is 7.56. The minimum absolute atomic E-state index is 0.304. The summed E-state index contributed by atoms with van der Waals surface area (Å²) in [5.41, 5.74) is 2.32. The van der Waals surface area contributed by atoms with Crippen molar-refractivity contribution in [2.45, 2.75) is 6.92 Å². The number of hydrogen-bond acceptors (Lipinski definition) is 4. The van der Waals surface area contributed by atoms with Crippen molar-refractivity contribution < 1.29 is 0 Å². The number of fused-ring (bicyclic) bond motifs is 2. The highest BCUT2D eigenvalue weighted by atomic mass is 32.1. The Balaban J connectivity index is 2.01. The molecule has 0 fully saturated rings. The van der Waals surface area contributed by atoms with Crippen LogP contribution in [0.15, 0.2) is 46.0 Å². The molecule has 2 aromatic heterocycles. The van der Waals surface area contributed by atoms with Crippen LogP contribution in [0.4, 0.5) is 0 Å². The van der Waals surface area contributed by atoms with Crippen LogP contribution in [0, 0.1) is 6.92 Å². The first-order valence-electron chi connectivity index (χ1n) is 6.74. The van der Waals surface area contributed by atoms with E-state index in [-0.39, 0.29) is 11.1 Å². The zero-order valence-corrected chi connectivity index (χ0v) is 12.5. The zero-order valence-electron chi connectivity index (χ0n) is 11.6. The normalized spacial score (nSPS) is 11.3. The third kappa shape index (κ3) is 1.96. The van der Waals surface area contributed by atoms with Crippen LogP contribution in [0.1, 0.15) is 5.56 Å². The minimum Gasteiger partial charge on any atom is -0.267 e. The molecule has 0 aliphatic rings. The minimum atomic E-state index is -0.318.